The molecule has 0 bridgehead atoms. The Morgan fingerprint density at radius 3 is 2.48 bits per heavy atom. The zero-order valence-electron chi connectivity index (χ0n) is 15.9. The van der Waals surface area contributed by atoms with Gasteiger partial charge in [0.2, 0.25) is 5.91 Å². The van der Waals surface area contributed by atoms with Crippen molar-refractivity contribution in [2.45, 2.75) is 25.6 Å². The monoisotopic (exact) mass is 396 g/mol. The van der Waals surface area contributed by atoms with E-state index in [9.17, 15) is 13.6 Å². The highest BCUT2D eigenvalue weighted by Gasteiger charge is 2.21. The van der Waals surface area contributed by atoms with Crippen LogP contribution in [0, 0.1) is 5.82 Å². The summed E-state index contributed by atoms with van der Waals surface area (Å²) in [5.41, 5.74) is 2.78. The van der Waals surface area contributed by atoms with Gasteiger partial charge >= 0.3 is 0 Å². The molecule has 0 unspecified atom stereocenters. The van der Waals surface area contributed by atoms with Gasteiger partial charge in [-0.3, -0.25) is 9.48 Å². The van der Waals surface area contributed by atoms with E-state index in [-0.39, 0.29) is 18.1 Å². The SMILES string of the molecule is O=C(Cc1ccc(N2CC[C@@H](F)C2)cc1)Nc1ccn(Cc2ccc(F)cc2)n1. The Labute approximate surface area is 168 Å². The van der Waals surface area contributed by atoms with Gasteiger partial charge in [0.1, 0.15) is 12.0 Å². The molecule has 0 aliphatic carbocycles. The molecule has 1 aliphatic rings. The first-order valence-electron chi connectivity index (χ1n) is 9.61. The second-order valence-electron chi connectivity index (χ2n) is 7.25. The normalized spacial score (nSPS) is 16.2. The highest BCUT2D eigenvalue weighted by molar-refractivity contribution is 5.91. The van der Waals surface area contributed by atoms with Crippen LogP contribution in [0.15, 0.2) is 60.8 Å². The van der Waals surface area contributed by atoms with Crippen molar-refractivity contribution in [3.05, 3.63) is 77.7 Å². The molecule has 4 rings (SSSR count). The zero-order valence-corrected chi connectivity index (χ0v) is 15.9. The van der Waals surface area contributed by atoms with Crippen LogP contribution in [0.3, 0.4) is 0 Å². The van der Waals surface area contributed by atoms with E-state index in [0.29, 0.717) is 25.3 Å². The third-order valence-electron chi connectivity index (χ3n) is 4.96. The Kier molecular flexibility index (Phi) is 5.55. The van der Waals surface area contributed by atoms with Gasteiger partial charge in [-0.2, -0.15) is 5.10 Å². The molecule has 0 radical (unpaired) electrons. The highest BCUT2D eigenvalue weighted by atomic mass is 19.1. The summed E-state index contributed by atoms with van der Waals surface area (Å²) in [5, 5.41) is 7.12. The summed E-state index contributed by atoms with van der Waals surface area (Å²) in [4.78, 5) is 14.3. The molecule has 2 aromatic carbocycles. The molecule has 5 nitrogen and oxygen atoms in total. The number of aromatic nitrogens is 2. The maximum atomic E-state index is 13.3. The number of hydrogen-bond acceptors (Lipinski definition) is 3. The first kappa shape index (κ1) is 19.1. The van der Waals surface area contributed by atoms with E-state index in [0.717, 1.165) is 23.4 Å². The number of rotatable bonds is 6. The van der Waals surface area contributed by atoms with Crippen LogP contribution in [0.25, 0.3) is 0 Å². The van der Waals surface area contributed by atoms with E-state index in [4.69, 9.17) is 0 Å². The second-order valence-corrected chi connectivity index (χ2v) is 7.25. The average molecular weight is 396 g/mol. The molecule has 7 heteroatoms. The fraction of sp³-hybridized carbons (Fsp3) is 0.273. The van der Waals surface area contributed by atoms with Gasteiger partial charge in [0.05, 0.1) is 13.0 Å². The fourth-order valence-electron chi connectivity index (χ4n) is 3.44. The van der Waals surface area contributed by atoms with Crippen LogP contribution in [0.5, 0.6) is 0 Å². The number of alkyl halides is 1. The number of anilines is 2. The van der Waals surface area contributed by atoms with Crippen LogP contribution >= 0.6 is 0 Å². The number of carbonyl (C=O) groups excluding carboxylic acids is 1. The minimum absolute atomic E-state index is 0.158. The van der Waals surface area contributed by atoms with Crippen molar-refractivity contribution < 1.29 is 13.6 Å². The Bertz CT molecular complexity index is 969. The third-order valence-corrected chi connectivity index (χ3v) is 4.96. The van der Waals surface area contributed by atoms with Gasteiger partial charge in [-0.05, 0) is 41.8 Å². The van der Waals surface area contributed by atoms with Crippen LogP contribution in [0.4, 0.5) is 20.3 Å². The number of nitrogens with one attached hydrogen (secondary N) is 1. The molecule has 1 atom stereocenters. The van der Waals surface area contributed by atoms with Crippen molar-refractivity contribution in [3.8, 4) is 0 Å². The number of carbonyl (C=O) groups is 1. The zero-order chi connectivity index (χ0) is 20.2. The second kappa shape index (κ2) is 8.43. The van der Waals surface area contributed by atoms with Crippen LogP contribution in [0.2, 0.25) is 0 Å². The molecule has 2 heterocycles. The van der Waals surface area contributed by atoms with E-state index in [1.54, 1.807) is 29.1 Å². The Morgan fingerprint density at radius 2 is 1.79 bits per heavy atom. The van der Waals surface area contributed by atoms with E-state index >= 15 is 0 Å². The van der Waals surface area contributed by atoms with Crippen molar-refractivity contribution in [2.75, 3.05) is 23.3 Å². The number of amides is 1. The quantitative estimate of drug-likeness (QED) is 0.690. The number of halogens is 2. The Hall–Kier alpha value is -3.22. The minimum Gasteiger partial charge on any atom is -0.369 e. The molecule has 0 saturated carbocycles. The standard InChI is InChI=1S/C22H22F2N4O/c23-18-5-1-17(2-6-18)14-28-12-10-21(26-28)25-22(29)13-16-3-7-20(8-4-16)27-11-9-19(24)15-27/h1-8,10,12,19H,9,11,13-15H2,(H,25,26,29)/t19-/m1/s1. The maximum absolute atomic E-state index is 13.3. The summed E-state index contributed by atoms with van der Waals surface area (Å²) < 4.78 is 28.0. The molecule has 29 heavy (non-hydrogen) atoms. The van der Waals surface area contributed by atoms with Crippen molar-refractivity contribution in [3.63, 3.8) is 0 Å². The largest absolute Gasteiger partial charge is 0.369 e. The van der Waals surface area contributed by atoms with Crippen molar-refractivity contribution >= 4 is 17.4 Å². The molecule has 3 aromatic rings. The van der Waals surface area contributed by atoms with Gasteiger partial charge in [0.15, 0.2) is 5.82 Å². The first-order valence-corrected chi connectivity index (χ1v) is 9.61. The Balaban J connectivity index is 1.30. The minimum atomic E-state index is -0.761. The summed E-state index contributed by atoms with van der Waals surface area (Å²) in [6.07, 6.45) is 1.81. The third kappa shape index (κ3) is 4.99. The summed E-state index contributed by atoms with van der Waals surface area (Å²) in [5.74, 6) is 0.0387. The van der Waals surface area contributed by atoms with Crippen LogP contribution in [-0.4, -0.2) is 34.9 Å². The summed E-state index contributed by atoms with van der Waals surface area (Å²) in [7, 11) is 0. The average Bonchev–Trinajstić information content (AvgIpc) is 3.33. The summed E-state index contributed by atoms with van der Waals surface area (Å²) in [6.45, 7) is 1.65. The lowest BCUT2D eigenvalue weighted by molar-refractivity contribution is -0.115. The van der Waals surface area contributed by atoms with Gasteiger partial charge in [-0.1, -0.05) is 24.3 Å². The van der Waals surface area contributed by atoms with E-state index in [1.165, 1.54) is 12.1 Å². The molecule has 1 saturated heterocycles. The first-order chi connectivity index (χ1) is 14.0. The molecule has 1 fully saturated rings. The molecule has 150 valence electrons. The predicted octanol–water partition coefficient (Wildman–Crippen LogP) is 3.80. The smallest absolute Gasteiger partial charge is 0.229 e. The van der Waals surface area contributed by atoms with Crippen molar-refractivity contribution in [1.82, 2.24) is 9.78 Å². The molecule has 1 N–H and O–H groups in total. The van der Waals surface area contributed by atoms with Gasteiger partial charge in [-0.15, -0.1) is 0 Å². The molecule has 1 aliphatic heterocycles. The molecule has 0 spiro atoms. The molecular weight excluding hydrogens is 374 g/mol. The van der Waals surface area contributed by atoms with E-state index in [1.807, 2.05) is 29.2 Å². The van der Waals surface area contributed by atoms with Gasteiger partial charge in [0, 0.05) is 31.0 Å². The van der Waals surface area contributed by atoms with Gasteiger partial charge in [0.25, 0.3) is 0 Å². The number of nitrogens with zero attached hydrogens (tertiary/aromatic N) is 3. The van der Waals surface area contributed by atoms with Gasteiger partial charge < -0.3 is 10.2 Å². The van der Waals surface area contributed by atoms with Crippen molar-refractivity contribution in [2.24, 2.45) is 0 Å². The fourth-order valence-corrected chi connectivity index (χ4v) is 3.44. The topological polar surface area (TPSA) is 50.2 Å². The lowest BCUT2D eigenvalue weighted by atomic mass is 10.1. The number of benzene rings is 2. The lowest BCUT2D eigenvalue weighted by Gasteiger charge is -2.17. The van der Waals surface area contributed by atoms with E-state index in [2.05, 4.69) is 10.4 Å². The van der Waals surface area contributed by atoms with E-state index < -0.39 is 6.17 Å². The number of hydrogen-bond donors (Lipinski definition) is 1. The van der Waals surface area contributed by atoms with Gasteiger partial charge in [-0.25, -0.2) is 8.78 Å². The molecule has 1 amide bonds. The highest BCUT2D eigenvalue weighted by Crippen LogP contribution is 2.22. The van der Waals surface area contributed by atoms with Crippen LogP contribution in [-0.2, 0) is 17.8 Å². The Morgan fingerprint density at radius 1 is 1.07 bits per heavy atom. The summed E-state index contributed by atoms with van der Waals surface area (Å²) >= 11 is 0. The summed E-state index contributed by atoms with van der Waals surface area (Å²) in [6, 6.07) is 15.6. The van der Waals surface area contributed by atoms with Crippen LogP contribution in [0.1, 0.15) is 17.5 Å². The lowest BCUT2D eigenvalue weighted by Crippen LogP contribution is -2.20. The predicted molar refractivity (Wildman–Crippen MR) is 108 cm³/mol. The maximum Gasteiger partial charge on any atom is 0.229 e. The molecule has 1 aromatic heterocycles. The molecular formula is C22H22F2N4O. The van der Waals surface area contributed by atoms with Crippen LogP contribution < -0.4 is 10.2 Å². The van der Waals surface area contributed by atoms with Crippen molar-refractivity contribution in [1.29, 1.82) is 0 Å².